The molecule has 2 rings (SSSR count). The van der Waals surface area contributed by atoms with Gasteiger partial charge in [0.1, 0.15) is 0 Å². The fourth-order valence-corrected chi connectivity index (χ4v) is 3.24. The summed E-state index contributed by atoms with van der Waals surface area (Å²) in [6.07, 6.45) is 3.65. The molecule has 2 N–H and O–H groups in total. The first-order valence-corrected chi connectivity index (χ1v) is 8.91. The van der Waals surface area contributed by atoms with E-state index >= 15 is 0 Å². The average Bonchev–Trinajstić information content (AvgIpc) is 2.60. The van der Waals surface area contributed by atoms with Gasteiger partial charge in [-0.15, -0.1) is 0 Å². The molecule has 0 aromatic heterocycles. The number of benzene rings is 1. The summed E-state index contributed by atoms with van der Waals surface area (Å²) in [6, 6.07) is 8.16. The number of rotatable bonds is 9. The van der Waals surface area contributed by atoms with Crippen LogP contribution in [0.25, 0.3) is 0 Å². The molecule has 0 aliphatic carbocycles. The minimum atomic E-state index is 0.112. The highest BCUT2D eigenvalue weighted by Crippen LogP contribution is 2.19. The number of hydrogen-bond donors (Lipinski definition) is 2. The zero-order valence-electron chi connectivity index (χ0n) is 15.0. The average molecular weight is 333 g/mol. The Labute approximate surface area is 145 Å². The SMILES string of the molecule is CNCCC1CCN(CC(=O)NCc2cccc(COC)c2)CC1. The Morgan fingerprint density at radius 2 is 2.04 bits per heavy atom. The molecule has 1 amide bonds. The van der Waals surface area contributed by atoms with Crippen molar-refractivity contribution in [2.45, 2.75) is 32.4 Å². The monoisotopic (exact) mass is 333 g/mol. The predicted molar refractivity (Wildman–Crippen MR) is 96.7 cm³/mol. The van der Waals surface area contributed by atoms with Crippen LogP contribution in [0.4, 0.5) is 0 Å². The van der Waals surface area contributed by atoms with Gasteiger partial charge in [0.05, 0.1) is 13.2 Å². The minimum absolute atomic E-state index is 0.112. The van der Waals surface area contributed by atoms with Crippen molar-refractivity contribution < 1.29 is 9.53 Å². The van der Waals surface area contributed by atoms with Crippen molar-refractivity contribution >= 4 is 5.91 Å². The smallest absolute Gasteiger partial charge is 0.234 e. The summed E-state index contributed by atoms with van der Waals surface area (Å²) in [5, 5.41) is 6.25. The summed E-state index contributed by atoms with van der Waals surface area (Å²) in [5.74, 6) is 0.918. The Bertz CT molecular complexity index is 499. The molecule has 0 saturated carbocycles. The number of piperidine rings is 1. The summed E-state index contributed by atoms with van der Waals surface area (Å²) < 4.78 is 5.14. The molecule has 1 aliphatic rings. The van der Waals surface area contributed by atoms with Crippen LogP contribution in [-0.2, 0) is 22.7 Å². The summed E-state index contributed by atoms with van der Waals surface area (Å²) >= 11 is 0. The van der Waals surface area contributed by atoms with Crippen LogP contribution < -0.4 is 10.6 Å². The van der Waals surface area contributed by atoms with Crippen molar-refractivity contribution in [2.75, 3.05) is 40.3 Å². The van der Waals surface area contributed by atoms with Crippen LogP contribution >= 0.6 is 0 Å². The van der Waals surface area contributed by atoms with Crippen molar-refractivity contribution in [3.8, 4) is 0 Å². The first kappa shape index (κ1) is 18.9. The molecule has 1 fully saturated rings. The quantitative estimate of drug-likeness (QED) is 0.723. The number of nitrogens with zero attached hydrogens (tertiary/aromatic N) is 1. The van der Waals surface area contributed by atoms with Gasteiger partial charge in [-0.3, -0.25) is 9.69 Å². The topological polar surface area (TPSA) is 53.6 Å². The van der Waals surface area contributed by atoms with E-state index in [1.165, 1.54) is 19.3 Å². The van der Waals surface area contributed by atoms with Crippen molar-refractivity contribution in [1.82, 2.24) is 15.5 Å². The zero-order chi connectivity index (χ0) is 17.2. The van der Waals surface area contributed by atoms with Crippen LogP contribution in [-0.4, -0.2) is 51.1 Å². The normalized spacial score (nSPS) is 16.2. The molecule has 1 aliphatic heterocycles. The number of methoxy groups -OCH3 is 1. The van der Waals surface area contributed by atoms with E-state index in [-0.39, 0.29) is 5.91 Å². The molecule has 1 aromatic rings. The molecule has 5 heteroatoms. The maximum atomic E-state index is 12.2. The second kappa shape index (κ2) is 10.4. The second-order valence-electron chi connectivity index (χ2n) is 6.64. The molecule has 0 bridgehead atoms. The number of carbonyl (C=O) groups is 1. The first-order valence-electron chi connectivity index (χ1n) is 8.91. The van der Waals surface area contributed by atoms with Crippen molar-refractivity contribution in [1.29, 1.82) is 0 Å². The number of amides is 1. The third-order valence-corrected chi connectivity index (χ3v) is 4.67. The number of likely N-dealkylation sites (tertiary alicyclic amines) is 1. The lowest BCUT2D eigenvalue weighted by molar-refractivity contribution is -0.122. The molecule has 134 valence electrons. The maximum absolute atomic E-state index is 12.2. The van der Waals surface area contributed by atoms with E-state index in [1.807, 2.05) is 25.2 Å². The lowest BCUT2D eigenvalue weighted by Gasteiger charge is -2.31. The third kappa shape index (κ3) is 6.59. The van der Waals surface area contributed by atoms with Crippen molar-refractivity contribution in [2.24, 2.45) is 5.92 Å². The van der Waals surface area contributed by atoms with E-state index in [0.29, 0.717) is 19.7 Å². The number of nitrogens with one attached hydrogen (secondary N) is 2. The lowest BCUT2D eigenvalue weighted by atomic mass is 9.93. The van der Waals surface area contributed by atoms with Gasteiger partial charge in [-0.05, 0) is 63.0 Å². The van der Waals surface area contributed by atoms with Crippen LogP contribution in [0.2, 0.25) is 0 Å². The Morgan fingerprint density at radius 3 is 2.75 bits per heavy atom. The van der Waals surface area contributed by atoms with Gasteiger partial charge in [0.15, 0.2) is 0 Å². The van der Waals surface area contributed by atoms with Crippen molar-refractivity contribution in [3.63, 3.8) is 0 Å². The second-order valence-corrected chi connectivity index (χ2v) is 6.64. The van der Waals surface area contributed by atoms with Crippen LogP contribution in [0.3, 0.4) is 0 Å². The van der Waals surface area contributed by atoms with Crippen LogP contribution in [0.5, 0.6) is 0 Å². The van der Waals surface area contributed by atoms with E-state index < -0.39 is 0 Å². The van der Waals surface area contributed by atoms with Crippen LogP contribution in [0, 0.1) is 5.92 Å². The number of carbonyl (C=O) groups excluding carboxylic acids is 1. The van der Waals surface area contributed by atoms with E-state index in [0.717, 1.165) is 36.7 Å². The molecule has 24 heavy (non-hydrogen) atoms. The molecular weight excluding hydrogens is 302 g/mol. The Kier molecular flexibility index (Phi) is 8.22. The van der Waals surface area contributed by atoms with E-state index in [4.69, 9.17) is 4.74 Å². The highest BCUT2D eigenvalue weighted by Gasteiger charge is 2.20. The van der Waals surface area contributed by atoms with E-state index in [9.17, 15) is 4.79 Å². The van der Waals surface area contributed by atoms with Gasteiger partial charge in [0.2, 0.25) is 5.91 Å². The summed E-state index contributed by atoms with van der Waals surface area (Å²) in [4.78, 5) is 14.4. The fourth-order valence-electron chi connectivity index (χ4n) is 3.24. The molecule has 1 aromatic carbocycles. The molecule has 0 unspecified atom stereocenters. The zero-order valence-corrected chi connectivity index (χ0v) is 15.0. The Morgan fingerprint density at radius 1 is 1.29 bits per heavy atom. The molecule has 0 spiro atoms. The Balaban J connectivity index is 1.67. The van der Waals surface area contributed by atoms with Gasteiger partial charge in [-0.25, -0.2) is 0 Å². The molecular formula is C19H31N3O2. The number of ether oxygens (including phenoxy) is 1. The largest absolute Gasteiger partial charge is 0.380 e. The molecule has 1 saturated heterocycles. The van der Waals surface area contributed by atoms with Gasteiger partial charge in [-0.1, -0.05) is 24.3 Å². The summed E-state index contributed by atoms with van der Waals surface area (Å²) in [5.41, 5.74) is 2.25. The highest BCUT2D eigenvalue weighted by molar-refractivity contribution is 5.78. The van der Waals surface area contributed by atoms with Crippen LogP contribution in [0.15, 0.2) is 24.3 Å². The van der Waals surface area contributed by atoms with Gasteiger partial charge in [-0.2, -0.15) is 0 Å². The molecule has 0 atom stereocenters. The summed E-state index contributed by atoms with van der Waals surface area (Å²) in [6.45, 7) is 4.85. The standard InChI is InChI=1S/C19H31N3O2/c1-20-9-6-16-7-10-22(11-8-16)14-19(23)21-13-17-4-3-5-18(12-17)15-24-2/h3-5,12,16,20H,6-11,13-15H2,1-2H3,(H,21,23). The minimum Gasteiger partial charge on any atom is -0.380 e. The van der Waals surface area contributed by atoms with Gasteiger partial charge < -0.3 is 15.4 Å². The van der Waals surface area contributed by atoms with Crippen molar-refractivity contribution in [3.05, 3.63) is 35.4 Å². The van der Waals surface area contributed by atoms with Crippen LogP contribution in [0.1, 0.15) is 30.4 Å². The predicted octanol–water partition coefficient (Wildman–Crippen LogP) is 1.77. The Hall–Kier alpha value is -1.43. The van der Waals surface area contributed by atoms with Gasteiger partial charge in [0.25, 0.3) is 0 Å². The maximum Gasteiger partial charge on any atom is 0.234 e. The van der Waals surface area contributed by atoms with E-state index in [1.54, 1.807) is 7.11 Å². The van der Waals surface area contributed by atoms with E-state index in [2.05, 4.69) is 21.6 Å². The fraction of sp³-hybridized carbons (Fsp3) is 0.632. The number of hydrogen-bond acceptors (Lipinski definition) is 4. The highest BCUT2D eigenvalue weighted by atomic mass is 16.5. The molecule has 1 heterocycles. The van der Waals surface area contributed by atoms with Gasteiger partial charge in [0, 0.05) is 13.7 Å². The molecule has 5 nitrogen and oxygen atoms in total. The molecule has 0 radical (unpaired) electrons. The first-order chi connectivity index (χ1) is 11.7. The van der Waals surface area contributed by atoms with Gasteiger partial charge >= 0.3 is 0 Å². The summed E-state index contributed by atoms with van der Waals surface area (Å²) in [7, 11) is 3.70. The lowest BCUT2D eigenvalue weighted by Crippen LogP contribution is -2.41. The third-order valence-electron chi connectivity index (χ3n) is 4.67.